The van der Waals surface area contributed by atoms with Crippen molar-refractivity contribution >= 4 is 15.9 Å². The molecule has 0 bridgehead atoms. The number of rotatable bonds is 9. The lowest BCUT2D eigenvalue weighted by Crippen LogP contribution is -2.46. The van der Waals surface area contributed by atoms with Crippen molar-refractivity contribution < 1.29 is 22.5 Å². The van der Waals surface area contributed by atoms with E-state index in [1.54, 1.807) is 7.11 Å². The fraction of sp³-hybridized carbons (Fsp3) is 0.474. The van der Waals surface area contributed by atoms with Gasteiger partial charge in [0.15, 0.2) is 5.76 Å². The van der Waals surface area contributed by atoms with Crippen LogP contribution in [-0.2, 0) is 14.8 Å². The maximum Gasteiger partial charge on any atom is 0.246 e. The third-order valence-electron chi connectivity index (χ3n) is 4.56. The molecule has 0 saturated heterocycles. The van der Waals surface area contributed by atoms with Crippen LogP contribution in [0.3, 0.4) is 0 Å². The van der Waals surface area contributed by atoms with Crippen molar-refractivity contribution in [3.05, 3.63) is 41.3 Å². The van der Waals surface area contributed by atoms with Gasteiger partial charge in [-0.15, -0.1) is 0 Å². The van der Waals surface area contributed by atoms with Crippen LogP contribution in [-0.4, -0.2) is 58.2 Å². The number of ether oxygens (including phenoxy) is 1. The van der Waals surface area contributed by atoms with Crippen molar-refractivity contribution in [3.63, 3.8) is 0 Å². The van der Waals surface area contributed by atoms with Crippen molar-refractivity contribution in [3.8, 4) is 5.75 Å². The highest BCUT2D eigenvalue weighted by Crippen LogP contribution is 2.21. The molecule has 2 atom stereocenters. The summed E-state index contributed by atoms with van der Waals surface area (Å²) in [7, 11) is 1.49. The molecule has 2 rings (SSSR count). The lowest BCUT2D eigenvalue weighted by molar-refractivity contribution is -0.122. The van der Waals surface area contributed by atoms with E-state index in [4.69, 9.17) is 9.26 Å². The third-order valence-corrected chi connectivity index (χ3v) is 6.34. The molecule has 0 aliphatic rings. The summed E-state index contributed by atoms with van der Waals surface area (Å²) >= 11 is 0. The Bertz CT molecular complexity index is 919. The fourth-order valence-electron chi connectivity index (χ4n) is 2.98. The predicted molar refractivity (Wildman–Crippen MR) is 108 cm³/mol. The molecule has 2 N–H and O–H groups in total. The number of sulfonamides is 1. The second kappa shape index (κ2) is 9.38. The first-order chi connectivity index (χ1) is 13.6. The van der Waals surface area contributed by atoms with Gasteiger partial charge in [0.1, 0.15) is 16.3 Å². The Hall–Kier alpha value is -2.43. The van der Waals surface area contributed by atoms with Crippen LogP contribution in [0, 0.1) is 13.8 Å². The number of methoxy groups -OCH3 is 1. The van der Waals surface area contributed by atoms with Gasteiger partial charge >= 0.3 is 0 Å². The standard InChI is InChI=1S/C19H28N4O5S/c1-12-18(14(3)28-21-12)29(25,26)22-13(2)19(24)20-11-17(23(4)5)15-7-9-16(27-6)10-8-15/h7-10,13,17,22H,11H2,1-6H3,(H,20,24)/t13-,17?/m0/s1. The van der Waals surface area contributed by atoms with Crippen molar-refractivity contribution in [2.75, 3.05) is 27.7 Å². The summed E-state index contributed by atoms with van der Waals surface area (Å²) in [5.41, 5.74) is 1.25. The quantitative estimate of drug-likeness (QED) is 0.625. The van der Waals surface area contributed by atoms with Crippen LogP contribution in [0.5, 0.6) is 5.75 Å². The summed E-state index contributed by atoms with van der Waals surface area (Å²) < 4.78 is 37.6. The number of aromatic nitrogens is 1. The highest BCUT2D eigenvalue weighted by Gasteiger charge is 2.28. The minimum absolute atomic E-state index is 0.0402. The molecule has 1 amide bonds. The van der Waals surface area contributed by atoms with E-state index >= 15 is 0 Å². The summed E-state index contributed by atoms with van der Waals surface area (Å²) in [4.78, 5) is 14.4. The van der Waals surface area contributed by atoms with Crippen LogP contribution in [0.25, 0.3) is 0 Å². The van der Waals surface area contributed by atoms with Crippen LogP contribution >= 0.6 is 0 Å². The molecule has 1 unspecified atom stereocenters. The maximum atomic E-state index is 12.6. The zero-order valence-corrected chi connectivity index (χ0v) is 18.3. The molecule has 0 radical (unpaired) electrons. The number of nitrogens with one attached hydrogen (secondary N) is 2. The maximum absolute atomic E-state index is 12.6. The van der Waals surface area contributed by atoms with Gasteiger partial charge in [-0.1, -0.05) is 17.3 Å². The summed E-state index contributed by atoms with van der Waals surface area (Å²) in [6.07, 6.45) is 0. The van der Waals surface area contributed by atoms with Crippen molar-refractivity contribution in [2.45, 2.75) is 37.8 Å². The molecule has 1 aromatic heterocycles. The molecule has 0 fully saturated rings. The first-order valence-electron chi connectivity index (χ1n) is 9.10. The lowest BCUT2D eigenvalue weighted by Gasteiger charge is -2.26. The second-order valence-electron chi connectivity index (χ2n) is 6.99. The molecule has 9 nitrogen and oxygen atoms in total. The Balaban J connectivity index is 2.04. The molecule has 0 saturated carbocycles. The molecule has 10 heteroatoms. The normalized spacial score (nSPS) is 13.9. The van der Waals surface area contributed by atoms with Crippen molar-refractivity contribution in [1.82, 2.24) is 20.1 Å². The third kappa shape index (κ3) is 5.55. The number of carbonyl (C=O) groups is 1. The first-order valence-corrected chi connectivity index (χ1v) is 10.6. The van der Waals surface area contributed by atoms with E-state index in [1.165, 1.54) is 20.8 Å². The molecule has 1 heterocycles. The molecule has 0 aliphatic heterocycles. The lowest BCUT2D eigenvalue weighted by atomic mass is 10.1. The Morgan fingerprint density at radius 1 is 1.24 bits per heavy atom. The largest absolute Gasteiger partial charge is 0.497 e. The molecule has 29 heavy (non-hydrogen) atoms. The van der Waals surface area contributed by atoms with Crippen LogP contribution in [0.2, 0.25) is 0 Å². The fourth-order valence-corrected chi connectivity index (χ4v) is 4.51. The van der Waals surface area contributed by atoms with Gasteiger partial charge in [0.05, 0.1) is 19.2 Å². The van der Waals surface area contributed by atoms with Gasteiger partial charge in [0.2, 0.25) is 15.9 Å². The summed E-state index contributed by atoms with van der Waals surface area (Å²) in [6, 6.07) is 6.52. The topological polar surface area (TPSA) is 114 Å². The second-order valence-corrected chi connectivity index (χ2v) is 8.64. The van der Waals surface area contributed by atoms with E-state index in [9.17, 15) is 13.2 Å². The van der Waals surface area contributed by atoms with E-state index < -0.39 is 22.0 Å². The summed E-state index contributed by atoms with van der Waals surface area (Å²) in [6.45, 7) is 4.85. The predicted octanol–water partition coefficient (Wildman–Crippen LogP) is 1.39. The van der Waals surface area contributed by atoms with Crippen LogP contribution in [0.1, 0.15) is 30.0 Å². The van der Waals surface area contributed by atoms with Crippen LogP contribution in [0.15, 0.2) is 33.7 Å². The molecular formula is C19H28N4O5S. The Kier molecular flexibility index (Phi) is 7.39. The van der Waals surface area contributed by atoms with Gasteiger partial charge in [-0.2, -0.15) is 4.72 Å². The number of hydrogen-bond donors (Lipinski definition) is 2. The number of benzene rings is 1. The summed E-state index contributed by atoms with van der Waals surface area (Å²) in [5.74, 6) is 0.494. The number of carbonyl (C=O) groups excluding carboxylic acids is 1. The molecule has 0 aliphatic carbocycles. The number of hydrogen-bond acceptors (Lipinski definition) is 7. The van der Waals surface area contributed by atoms with E-state index in [0.29, 0.717) is 6.54 Å². The van der Waals surface area contributed by atoms with Gasteiger partial charge in [0, 0.05) is 6.54 Å². The highest BCUT2D eigenvalue weighted by atomic mass is 32.2. The SMILES string of the molecule is COc1ccc(C(CNC(=O)[C@H](C)NS(=O)(=O)c2c(C)noc2C)N(C)C)cc1. The molecule has 2 aromatic rings. The van der Waals surface area contributed by atoms with E-state index in [0.717, 1.165) is 11.3 Å². The van der Waals surface area contributed by atoms with E-state index in [2.05, 4.69) is 15.2 Å². The monoisotopic (exact) mass is 424 g/mol. The molecule has 1 aromatic carbocycles. The Morgan fingerprint density at radius 3 is 2.34 bits per heavy atom. The van der Waals surface area contributed by atoms with Gasteiger partial charge in [0.25, 0.3) is 0 Å². The van der Waals surface area contributed by atoms with Crippen molar-refractivity contribution in [1.29, 1.82) is 0 Å². The van der Waals surface area contributed by atoms with Gasteiger partial charge in [-0.05, 0) is 52.6 Å². The smallest absolute Gasteiger partial charge is 0.246 e. The summed E-state index contributed by atoms with van der Waals surface area (Å²) in [5, 5.41) is 6.46. The zero-order valence-electron chi connectivity index (χ0n) is 17.5. The van der Waals surface area contributed by atoms with Crippen LogP contribution in [0.4, 0.5) is 0 Å². The number of nitrogens with zero attached hydrogens (tertiary/aromatic N) is 2. The average Bonchev–Trinajstić information content (AvgIpc) is 3.00. The molecule has 0 spiro atoms. The van der Waals surface area contributed by atoms with Crippen molar-refractivity contribution in [2.24, 2.45) is 0 Å². The zero-order chi connectivity index (χ0) is 21.8. The number of amides is 1. The first kappa shape index (κ1) is 22.9. The van der Waals surface area contributed by atoms with Gasteiger partial charge < -0.3 is 19.5 Å². The van der Waals surface area contributed by atoms with E-state index in [-0.39, 0.29) is 22.4 Å². The van der Waals surface area contributed by atoms with E-state index in [1.807, 2.05) is 43.3 Å². The Morgan fingerprint density at radius 2 is 1.86 bits per heavy atom. The molecular weight excluding hydrogens is 396 g/mol. The average molecular weight is 425 g/mol. The van der Waals surface area contributed by atoms with Crippen LogP contribution < -0.4 is 14.8 Å². The minimum atomic E-state index is -3.93. The van der Waals surface area contributed by atoms with Gasteiger partial charge in [-0.25, -0.2) is 8.42 Å². The highest BCUT2D eigenvalue weighted by molar-refractivity contribution is 7.89. The molecule has 160 valence electrons. The number of aryl methyl sites for hydroxylation is 2. The minimum Gasteiger partial charge on any atom is -0.497 e. The number of likely N-dealkylation sites (N-methyl/N-ethyl adjacent to an activating group) is 1. The van der Waals surface area contributed by atoms with Gasteiger partial charge in [-0.3, -0.25) is 4.79 Å². The Labute approximate surface area is 171 Å².